The van der Waals surface area contributed by atoms with Gasteiger partial charge in [0.15, 0.2) is 0 Å². The first kappa shape index (κ1) is 14.1. The van der Waals surface area contributed by atoms with Crippen molar-refractivity contribution in [2.45, 2.75) is 46.1 Å². The van der Waals surface area contributed by atoms with Crippen LogP contribution in [0.25, 0.3) is 11.0 Å². The highest BCUT2D eigenvalue weighted by Crippen LogP contribution is 2.34. The van der Waals surface area contributed by atoms with Crippen LogP contribution < -0.4 is 5.32 Å². The zero-order chi connectivity index (χ0) is 13.8. The molecule has 2 atom stereocenters. The van der Waals surface area contributed by atoms with Gasteiger partial charge >= 0.3 is 0 Å². The lowest BCUT2D eigenvalue weighted by molar-refractivity contribution is 0.415. The Morgan fingerprint density at radius 3 is 2.58 bits per heavy atom. The molecule has 2 rings (SSSR count). The summed E-state index contributed by atoms with van der Waals surface area (Å²) in [5, 5.41) is 4.74. The Bertz CT molecular complexity index is 529. The summed E-state index contributed by atoms with van der Waals surface area (Å²) >= 11 is 0. The zero-order valence-electron chi connectivity index (χ0n) is 12.5. The van der Waals surface area contributed by atoms with E-state index in [1.54, 1.807) is 0 Å². The van der Waals surface area contributed by atoms with Crippen LogP contribution in [-0.4, -0.2) is 7.05 Å². The van der Waals surface area contributed by atoms with E-state index in [2.05, 4.69) is 44.3 Å². The summed E-state index contributed by atoms with van der Waals surface area (Å²) in [5.74, 6) is 1.85. The molecule has 1 N–H and O–H groups in total. The molecule has 0 bridgehead atoms. The largest absolute Gasteiger partial charge is 0.461 e. The fourth-order valence-electron chi connectivity index (χ4n) is 2.71. The van der Waals surface area contributed by atoms with E-state index < -0.39 is 0 Å². The van der Waals surface area contributed by atoms with Gasteiger partial charge in [0, 0.05) is 23.4 Å². The maximum atomic E-state index is 6.01. The van der Waals surface area contributed by atoms with Gasteiger partial charge in [-0.15, -0.1) is 0 Å². The standard InChI is InChI=1S/C17H25NO/c1-5-12(3)11-14(18-4)17-13-9-7-8-10-16(13)19-15(17)6-2/h7-10,12,14,18H,5-6,11H2,1-4H3. The lowest BCUT2D eigenvalue weighted by atomic mass is 9.92. The molecule has 19 heavy (non-hydrogen) atoms. The van der Waals surface area contributed by atoms with Gasteiger partial charge in [-0.05, 0) is 25.5 Å². The van der Waals surface area contributed by atoms with Crippen molar-refractivity contribution in [3.05, 3.63) is 35.6 Å². The Morgan fingerprint density at radius 1 is 1.21 bits per heavy atom. The van der Waals surface area contributed by atoms with Gasteiger partial charge in [0.25, 0.3) is 0 Å². The fraction of sp³-hybridized carbons (Fsp3) is 0.529. The molecule has 1 aromatic carbocycles. The van der Waals surface area contributed by atoms with E-state index in [1.807, 2.05) is 13.1 Å². The van der Waals surface area contributed by atoms with Gasteiger partial charge in [0.1, 0.15) is 11.3 Å². The monoisotopic (exact) mass is 259 g/mol. The first-order valence-corrected chi connectivity index (χ1v) is 7.38. The second-order valence-electron chi connectivity index (χ2n) is 5.38. The SMILES string of the molecule is CCc1oc2ccccc2c1C(CC(C)CC)NC. The number of fused-ring (bicyclic) bond motifs is 1. The van der Waals surface area contributed by atoms with Crippen LogP contribution in [0, 0.1) is 5.92 Å². The van der Waals surface area contributed by atoms with Crippen LogP contribution in [0.3, 0.4) is 0 Å². The van der Waals surface area contributed by atoms with Crippen molar-refractivity contribution in [2.24, 2.45) is 5.92 Å². The maximum Gasteiger partial charge on any atom is 0.134 e. The number of benzene rings is 1. The molecule has 1 aromatic heterocycles. The third-order valence-electron chi connectivity index (χ3n) is 4.06. The highest BCUT2D eigenvalue weighted by molar-refractivity contribution is 5.82. The van der Waals surface area contributed by atoms with Crippen molar-refractivity contribution in [3.63, 3.8) is 0 Å². The van der Waals surface area contributed by atoms with Crippen LogP contribution in [0.5, 0.6) is 0 Å². The van der Waals surface area contributed by atoms with Crippen molar-refractivity contribution in [2.75, 3.05) is 7.05 Å². The fourth-order valence-corrected chi connectivity index (χ4v) is 2.71. The smallest absolute Gasteiger partial charge is 0.134 e. The minimum atomic E-state index is 0.383. The average molecular weight is 259 g/mol. The Kier molecular flexibility index (Phi) is 4.65. The Morgan fingerprint density at radius 2 is 1.95 bits per heavy atom. The third kappa shape index (κ3) is 2.84. The number of hydrogen-bond acceptors (Lipinski definition) is 2. The molecular weight excluding hydrogens is 234 g/mol. The first-order valence-electron chi connectivity index (χ1n) is 7.38. The van der Waals surface area contributed by atoms with Gasteiger partial charge in [-0.2, -0.15) is 0 Å². The number of para-hydroxylation sites is 1. The summed E-state index contributed by atoms with van der Waals surface area (Å²) in [6, 6.07) is 8.76. The molecule has 0 saturated heterocycles. The summed E-state index contributed by atoms with van der Waals surface area (Å²) in [7, 11) is 2.05. The van der Waals surface area contributed by atoms with E-state index in [0.717, 1.165) is 30.1 Å². The van der Waals surface area contributed by atoms with Crippen LogP contribution in [0.1, 0.15) is 51.0 Å². The molecular formula is C17H25NO. The van der Waals surface area contributed by atoms with Gasteiger partial charge in [0.2, 0.25) is 0 Å². The number of rotatable bonds is 6. The number of hydrogen-bond donors (Lipinski definition) is 1. The van der Waals surface area contributed by atoms with Crippen LogP contribution >= 0.6 is 0 Å². The number of furan rings is 1. The van der Waals surface area contributed by atoms with Crippen LogP contribution in [-0.2, 0) is 6.42 Å². The Balaban J connectivity index is 2.45. The second kappa shape index (κ2) is 6.25. The van der Waals surface area contributed by atoms with Gasteiger partial charge in [0.05, 0.1) is 0 Å². The van der Waals surface area contributed by atoms with Gasteiger partial charge < -0.3 is 9.73 Å². The third-order valence-corrected chi connectivity index (χ3v) is 4.06. The zero-order valence-corrected chi connectivity index (χ0v) is 12.5. The first-order chi connectivity index (χ1) is 9.21. The molecule has 2 heteroatoms. The molecule has 2 unspecified atom stereocenters. The highest BCUT2D eigenvalue weighted by atomic mass is 16.3. The quantitative estimate of drug-likeness (QED) is 0.814. The minimum Gasteiger partial charge on any atom is -0.461 e. The molecule has 0 aliphatic heterocycles. The number of aryl methyl sites for hydroxylation is 1. The molecule has 0 spiro atoms. The molecule has 0 aliphatic carbocycles. The summed E-state index contributed by atoms with van der Waals surface area (Å²) in [6.07, 6.45) is 3.32. The Hall–Kier alpha value is -1.28. The molecule has 1 heterocycles. The van der Waals surface area contributed by atoms with Crippen LogP contribution in [0.4, 0.5) is 0 Å². The van der Waals surface area contributed by atoms with E-state index in [1.165, 1.54) is 17.4 Å². The van der Waals surface area contributed by atoms with Crippen LogP contribution in [0.2, 0.25) is 0 Å². The average Bonchev–Trinajstić information content (AvgIpc) is 2.82. The van der Waals surface area contributed by atoms with E-state index in [4.69, 9.17) is 4.42 Å². The lowest BCUT2D eigenvalue weighted by Gasteiger charge is -2.20. The molecule has 2 nitrogen and oxygen atoms in total. The van der Waals surface area contributed by atoms with E-state index >= 15 is 0 Å². The normalized spacial score (nSPS) is 14.7. The lowest BCUT2D eigenvalue weighted by Crippen LogP contribution is -2.19. The van der Waals surface area contributed by atoms with E-state index in [0.29, 0.717) is 6.04 Å². The van der Waals surface area contributed by atoms with Crippen molar-refractivity contribution in [3.8, 4) is 0 Å². The molecule has 0 radical (unpaired) electrons. The topological polar surface area (TPSA) is 25.2 Å². The second-order valence-corrected chi connectivity index (χ2v) is 5.38. The van der Waals surface area contributed by atoms with Gasteiger partial charge in [-0.25, -0.2) is 0 Å². The molecule has 2 aromatic rings. The minimum absolute atomic E-state index is 0.383. The van der Waals surface area contributed by atoms with Crippen molar-refractivity contribution in [1.29, 1.82) is 0 Å². The molecule has 0 amide bonds. The van der Waals surface area contributed by atoms with E-state index in [-0.39, 0.29) is 0 Å². The maximum absolute atomic E-state index is 6.01. The van der Waals surface area contributed by atoms with Gasteiger partial charge in [-0.1, -0.05) is 45.4 Å². The highest BCUT2D eigenvalue weighted by Gasteiger charge is 2.21. The molecule has 0 aliphatic rings. The summed E-state index contributed by atoms with van der Waals surface area (Å²) in [4.78, 5) is 0. The predicted molar refractivity (Wildman–Crippen MR) is 81.5 cm³/mol. The molecule has 0 fully saturated rings. The summed E-state index contributed by atoms with van der Waals surface area (Å²) < 4.78 is 6.01. The predicted octanol–water partition coefficient (Wildman–Crippen LogP) is 4.69. The van der Waals surface area contributed by atoms with Gasteiger partial charge in [-0.3, -0.25) is 0 Å². The Labute approximate surface area is 116 Å². The van der Waals surface area contributed by atoms with Crippen molar-refractivity contribution >= 4 is 11.0 Å². The van der Waals surface area contributed by atoms with E-state index in [9.17, 15) is 0 Å². The van der Waals surface area contributed by atoms with Crippen molar-refractivity contribution in [1.82, 2.24) is 5.32 Å². The summed E-state index contributed by atoms with van der Waals surface area (Å²) in [5.41, 5.74) is 2.37. The number of nitrogens with one attached hydrogen (secondary N) is 1. The molecule has 104 valence electrons. The molecule has 0 saturated carbocycles. The van der Waals surface area contributed by atoms with Crippen molar-refractivity contribution < 1.29 is 4.42 Å². The summed E-state index contributed by atoms with van der Waals surface area (Å²) in [6.45, 7) is 6.74. The van der Waals surface area contributed by atoms with Crippen LogP contribution in [0.15, 0.2) is 28.7 Å².